The van der Waals surface area contributed by atoms with Crippen molar-refractivity contribution in [3.63, 3.8) is 0 Å². The minimum atomic E-state index is 0.0643. The highest BCUT2D eigenvalue weighted by molar-refractivity contribution is 5.76. The van der Waals surface area contributed by atoms with Crippen molar-refractivity contribution in [3.8, 4) is 0 Å². The lowest BCUT2D eigenvalue weighted by Crippen LogP contribution is -2.36. The van der Waals surface area contributed by atoms with E-state index in [1.54, 1.807) is 7.05 Å². The summed E-state index contributed by atoms with van der Waals surface area (Å²) in [5.41, 5.74) is 0.0643. The van der Waals surface area contributed by atoms with E-state index in [2.05, 4.69) is 24.2 Å². The highest BCUT2D eigenvalue weighted by atomic mass is 16.5. The average Bonchev–Trinajstić information content (AvgIpc) is 2.34. The summed E-state index contributed by atoms with van der Waals surface area (Å²) in [6.45, 7) is 8.86. The SMILES string of the molecule is CC.CN=C1NC(C)(C)CO1. The largest absolute Gasteiger partial charge is 0.463 e. The molecule has 0 aromatic heterocycles. The van der Waals surface area contributed by atoms with Gasteiger partial charge in [0, 0.05) is 7.05 Å². The number of rotatable bonds is 0. The molecule has 0 radical (unpaired) electrons. The fourth-order valence-corrected chi connectivity index (χ4v) is 0.731. The van der Waals surface area contributed by atoms with E-state index in [9.17, 15) is 0 Å². The molecule has 0 aromatic rings. The van der Waals surface area contributed by atoms with Gasteiger partial charge in [-0.25, -0.2) is 4.99 Å². The van der Waals surface area contributed by atoms with E-state index in [4.69, 9.17) is 4.74 Å². The quantitative estimate of drug-likeness (QED) is 0.578. The molecule has 0 saturated carbocycles. The first-order valence-corrected chi connectivity index (χ1v) is 4.02. The van der Waals surface area contributed by atoms with Crippen LogP contribution in [0.2, 0.25) is 0 Å². The van der Waals surface area contributed by atoms with Gasteiger partial charge in [0.25, 0.3) is 6.02 Å². The van der Waals surface area contributed by atoms with Crippen molar-refractivity contribution < 1.29 is 4.74 Å². The van der Waals surface area contributed by atoms with Crippen LogP contribution in [0.15, 0.2) is 4.99 Å². The minimum absolute atomic E-state index is 0.0643. The van der Waals surface area contributed by atoms with Crippen LogP contribution < -0.4 is 5.32 Å². The van der Waals surface area contributed by atoms with Crippen LogP contribution >= 0.6 is 0 Å². The van der Waals surface area contributed by atoms with Crippen LogP contribution in [0.5, 0.6) is 0 Å². The highest BCUT2D eigenvalue weighted by Gasteiger charge is 2.27. The Hall–Kier alpha value is -0.730. The molecule has 0 amide bonds. The van der Waals surface area contributed by atoms with Crippen molar-refractivity contribution in [2.75, 3.05) is 13.7 Å². The van der Waals surface area contributed by atoms with Gasteiger partial charge in [0.15, 0.2) is 0 Å². The molecule has 3 nitrogen and oxygen atoms in total. The summed E-state index contributed by atoms with van der Waals surface area (Å²) < 4.78 is 5.16. The van der Waals surface area contributed by atoms with Gasteiger partial charge in [0.2, 0.25) is 0 Å². The molecule has 1 fully saturated rings. The smallest absolute Gasteiger partial charge is 0.284 e. The number of amidine groups is 1. The lowest BCUT2D eigenvalue weighted by Gasteiger charge is -2.12. The molecule has 0 spiro atoms. The number of hydrogen-bond acceptors (Lipinski definition) is 2. The first-order chi connectivity index (χ1) is 5.14. The molecule has 0 bridgehead atoms. The summed E-state index contributed by atoms with van der Waals surface area (Å²) in [4.78, 5) is 3.87. The Morgan fingerprint density at radius 1 is 1.45 bits per heavy atom. The molecule has 11 heavy (non-hydrogen) atoms. The molecule has 0 atom stereocenters. The van der Waals surface area contributed by atoms with Gasteiger partial charge in [-0.05, 0) is 13.8 Å². The van der Waals surface area contributed by atoms with Crippen LogP contribution in [0, 0.1) is 0 Å². The first kappa shape index (κ1) is 10.3. The Balaban J connectivity index is 0.000000461. The molecule has 66 valence electrons. The van der Waals surface area contributed by atoms with Crippen molar-refractivity contribution in [2.45, 2.75) is 33.2 Å². The third-order valence-corrected chi connectivity index (χ3v) is 1.22. The standard InChI is InChI=1S/C6H12N2O.C2H6/c1-6(2)4-9-5(7-3)8-6;1-2/h4H2,1-3H3,(H,7,8);1-2H3. The molecule has 0 aromatic carbocycles. The average molecular weight is 158 g/mol. The second-order valence-corrected chi connectivity index (χ2v) is 2.83. The zero-order chi connectivity index (χ0) is 8.91. The minimum Gasteiger partial charge on any atom is -0.463 e. The van der Waals surface area contributed by atoms with Gasteiger partial charge >= 0.3 is 0 Å². The molecule has 1 aliphatic rings. The molecule has 0 aliphatic carbocycles. The Kier molecular flexibility index (Phi) is 3.93. The van der Waals surface area contributed by atoms with Gasteiger partial charge < -0.3 is 10.1 Å². The third kappa shape index (κ3) is 3.25. The first-order valence-electron chi connectivity index (χ1n) is 4.02. The van der Waals surface area contributed by atoms with Crippen molar-refractivity contribution in [1.29, 1.82) is 0 Å². The van der Waals surface area contributed by atoms with Gasteiger partial charge in [-0.3, -0.25) is 0 Å². The number of nitrogens with zero attached hydrogens (tertiary/aromatic N) is 1. The fourth-order valence-electron chi connectivity index (χ4n) is 0.731. The van der Waals surface area contributed by atoms with Crippen LogP contribution in [-0.2, 0) is 4.74 Å². The maximum atomic E-state index is 5.16. The highest BCUT2D eigenvalue weighted by Crippen LogP contribution is 2.09. The zero-order valence-corrected chi connectivity index (χ0v) is 8.06. The van der Waals surface area contributed by atoms with Gasteiger partial charge in [-0.2, -0.15) is 0 Å². The van der Waals surface area contributed by atoms with Gasteiger partial charge in [0.1, 0.15) is 6.61 Å². The fraction of sp³-hybridized carbons (Fsp3) is 0.875. The monoisotopic (exact) mass is 158 g/mol. The second-order valence-electron chi connectivity index (χ2n) is 2.83. The molecule has 1 heterocycles. The van der Waals surface area contributed by atoms with Crippen LogP contribution in [0.25, 0.3) is 0 Å². The maximum Gasteiger partial charge on any atom is 0.284 e. The molecule has 1 saturated heterocycles. The summed E-state index contributed by atoms with van der Waals surface area (Å²) in [6.07, 6.45) is 0. The van der Waals surface area contributed by atoms with Crippen LogP contribution in [0.1, 0.15) is 27.7 Å². The Labute approximate surface area is 68.9 Å². The number of aliphatic imine (C=N–C) groups is 1. The van der Waals surface area contributed by atoms with Crippen molar-refractivity contribution in [3.05, 3.63) is 0 Å². The van der Waals surface area contributed by atoms with Crippen molar-refractivity contribution >= 4 is 6.02 Å². The summed E-state index contributed by atoms with van der Waals surface area (Å²) in [5.74, 6) is 0. The van der Waals surface area contributed by atoms with Crippen LogP contribution in [0.4, 0.5) is 0 Å². The Morgan fingerprint density at radius 2 is 2.00 bits per heavy atom. The van der Waals surface area contributed by atoms with Gasteiger partial charge in [-0.15, -0.1) is 0 Å². The molecule has 1 rings (SSSR count). The number of hydrogen-bond donors (Lipinski definition) is 1. The Morgan fingerprint density at radius 3 is 2.18 bits per heavy atom. The summed E-state index contributed by atoms with van der Waals surface area (Å²) in [6, 6.07) is 0.653. The number of nitrogens with one attached hydrogen (secondary N) is 1. The van der Waals surface area contributed by atoms with Crippen molar-refractivity contribution in [1.82, 2.24) is 5.32 Å². The predicted octanol–water partition coefficient (Wildman–Crippen LogP) is 1.40. The van der Waals surface area contributed by atoms with Gasteiger partial charge in [0.05, 0.1) is 5.54 Å². The Bertz CT molecular complexity index is 141. The zero-order valence-electron chi connectivity index (χ0n) is 8.06. The van der Waals surface area contributed by atoms with E-state index in [-0.39, 0.29) is 5.54 Å². The summed E-state index contributed by atoms with van der Waals surface area (Å²) >= 11 is 0. The van der Waals surface area contributed by atoms with E-state index < -0.39 is 0 Å². The van der Waals surface area contributed by atoms with Crippen LogP contribution in [-0.4, -0.2) is 25.2 Å². The van der Waals surface area contributed by atoms with Crippen molar-refractivity contribution in [2.24, 2.45) is 4.99 Å². The van der Waals surface area contributed by atoms with E-state index in [1.165, 1.54) is 0 Å². The lowest BCUT2D eigenvalue weighted by atomic mass is 10.1. The lowest BCUT2D eigenvalue weighted by molar-refractivity contribution is 0.288. The topological polar surface area (TPSA) is 33.6 Å². The molecule has 1 aliphatic heterocycles. The van der Waals surface area contributed by atoms with Gasteiger partial charge in [-0.1, -0.05) is 13.8 Å². The molecular weight excluding hydrogens is 140 g/mol. The summed E-state index contributed by atoms with van der Waals surface area (Å²) in [5, 5.41) is 3.11. The predicted molar refractivity (Wildman–Crippen MR) is 47.9 cm³/mol. The summed E-state index contributed by atoms with van der Waals surface area (Å²) in [7, 11) is 1.71. The number of ether oxygens (including phenoxy) is 1. The van der Waals surface area contributed by atoms with E-state index in [0.717, 1.165) is 0 Å². The molecule has 1 N–H and O–H groups in total. The normalized spacial score (nSPS) is 23.2. The van der Waals surface area contributed by atoms with E-state index in [0.29, 0.717) is 12.6 Å². The van der Waals surface area contributed by atoms with E-state index >= 15 is 0 Å². The molecule has 3 heteroatoms. The van der Waals surface area contributed by atoms with E-state index in [1.807, 2.05) is 13.8 Å². The van der Waals surface area contributed by atoms with Crippen LogP contribution in [0.3, 0.4) is 0 Å². The maximum absolute atomic E-state index is 5.16. The second kappa shape index (κ2) is 4.21. The molecular formula is C8H18N2O. The molecule has 0 unspecified atom stereocenters. The third-order valence-electron chi connectivity index (χ3n) is 1.22.